The van der Waals surface area contributed by atoms with Crippen LogP contribution in [0.15, 0.2) is 218 Å². The van der Waals surface area contributed by atoms with Crippen LogP contribution in [0.25, 0.3) is 132 Å². The van der Waals surface area contributed by atoms with Crippen LogP contribution in [-0.4, -0.2) is 14.5 Å². The molecule has 0 aliphatic carbocycles. The molecule has 0 radical (unpaired) electrons. The van der Waals surface area contributed by atoms with E-state index in [2.05, 4.69) is 210 Å². The molecule has 4 nitrogen and oxygen atoms in total. The molecule has 11 aromatic carbocycles. The summed E-state index contributed by atoms with van der Waals surface area (Å²) in [7, 11) is 0. The number of benzene rings is 11. The molecule has 0 aliphatic rings. The highest BCUT2D eigenvalue weighted by atomic mass is 15.0. The summed E-state index contributed by atoms with van der Waals surface area (Å²) < 4.78 is 2.35. The third-order valence-corrected chi connectivity index (χ3v) is 13.2. The summed E-state index contributed by atoms with van der Waals surface area (Å²) in [6.45, 7) is 8.08. The second-order valence-electron chi connectivity index (χ2n) is 16.7. The second-order valence-corrected chi connectivity index (χ2v) is 16.7. The number of nitrogens with zero attached hydrogens (tertiary/aromatic N) is 4. The Morgan fingerprint density at radius 1 is 0.354 bits per heavy atom. The van der Waals surface area contributed by atoms with E-state index in [1.165, 1.54) is 49.0 Å². The first-order chi connectivity index (χ1) is 32.2. The molecule has 0 spiro atoms. The molecule has 13 rings (SSSR count). The smallest absolute Gasteiger partial charge is 0.195 e. The van der Waals surface area contributed by atoms with Gasteiger partial charge in [0.25, 0.3) is 0 Å². The molecule has 65 heavy (non-hydrogen) atoms. The number of hydrogen-bond donors (Lipinski definition) is 0. The zero-order valence-corrected chi connectivity index (χ0v) is 35.1. The zero-order chi connectivity index (χ0) is 43.0. The van der Waals surface area contributed by atoms with E-state index in [-0.39, 0.29) is 0 Å². The van der Waals surface area contributed by atoms with Gasteiger partial charge in [-0.25, -0.2) is 14.8 Å². The summed E-state index contributed by atoms with van der Waals surface area (Å²) >= 11 is 0. The van der Waals surface area contributed by atoms with Crippen LogP contribution in [0.5, 0.6) is 0 Å². The molecule has 4 heteroatoms. The van der Waals surface area contributed by atoms with Gasteiger partial charge in [-0.15, -0.1) is 0 Å². The zero-order valence-electron chi connectivity index (χ0n) is 35.1. The maximum atomic E-state index is 8.08. The van der Waals surface area contributed by atoms with Gasteiger partial charge in [-0.3, -0.25) is 0 Å². The monoisotopic (exact) mass is 824 g/mol. The Labute approximate surface area is 375 Å². The standard InChI is InChI=1S/C61H36N4/c1-62-52-34-36-56-60-51(52)32-30-49-48(33-35-55(59(49)60)65(56)40-21-9-4-10-22-40)58-45-27-15-13-25-43(45)57(44-26-14-16-28-46(44)58)47-29-31-50(42-24-12-11-23-41(42)47)61-63-53(38-17-5-2-6-18-38)37-54(64-61)39-19-7-3-8-20-39/h2-37H. The fourth-order valence-electron chi connectivity index (χ4n) is 10.4. The minimum absolute atomic E-state index is 0.669. The van der Waals surface area contributed by atoms with Crippen LogP contribution in [0.3, 0.4) is 0 Å². The van der Waals surface area contributed by atoms with Gasteiger partial charge in [-0.1, -0.05) is 182 Å². The van der Waals surface area contributed by atoms with Gasteiger partial charge < -0.3 is 4.57 Å². The third kappa shape index (κ3) is 5.63. The molecule has 0 bridgehead atoms. The van der Waals surface area contributed by atoms with Gasteiger partial charge in [-0.05, 0) is 102 Å². The van der Waals surface area contributed by atoms with Crippen molar-refractivity contribution >= 4 is 70.6 Å². The van der Waals surface area contributed by atoms with E-state index in [1.54, 1.807) is 0 Å². The molecule has 0 aliphatic heterocycles. The largest absolute Gasteiger partial charge is 0.309 e. The molecule has 0 atom stereocenters. The molecule has 0 saturated carbocycles. The molecule has 300 valence electrons. The van der Waals surface area contributed by atoms with Crippen LogP contribution in [0, 0.1) is 6.57 Å². The van der Waals surface area contributed by atoms with Gasteiger partial charge in [0.15, 0.2) is 11.5 Å². The molecule has 2 aromatic heterocycles. The summed E-state index contributed by atoms with van der Waals surface area (Å²) in [6.07, 6.45) is 0. The second kappa shape index (κ2) is 14.6. The number of para-hydroxylation sites is 1. The van der Waals surface area contributed by atoms with Crippen molar-refractivity contribution in [2.24, 2.45) is 0 Å². The van der Waals surface area contributed by atoms with E-state index >= 15 is 0 Å². The Morgan fingerprint density at radius 2 is 0.769 bits per heavy atom. The predicted octanol–water partition coefficient (Wildman–Crippen LogP) is 16.5. The highest BCUT2D eigenvalue weighted by Gasteiger charge is 2.24. The van der Waals surface area contributed by atoms with Crippen LogP contribution in [0.2, 0.25) is 0 Å². The van der Waals surface area contributed by atoms with E-state index in [0.29, 0.717) is 11.5 Å². The van der Waals surface area contributed by atoms with Crippen molar-refractivity contribution in [1.82, 2.24) is 14.5 Å². The number of aromatic nitrogens is 3. The van der Waals surface area contributed by atoms with Crippen molar-refractivity contribution in [3.8, 4) is 61.8 Å². The average Bonchev–Trinajstić information content (AvgIpc) is 3.73. The Morgan fingerprint density at radius 3 is 1.32 bits per heavy atom. The lowest BCUT2D eigenvalue weighted by Gasteiger charge is -2.20. The molecule has 2 heterocycles. The fraction of sp³-hybridized carbons (Fsp3) is 0. The predicted molar refractivity (Wildman–Crippen MR) is 271 cm³/mol. The molecule has 0 amide bonds. The maximum Gasteiger partial charge on any atom is 0.195 e. The van der Waals surface area contributed by atoms with Crippen molar-refractivity contribution in [2.75, 3.05) is 0 Å². The highest BCUT2D eigenvalue weighted by Crippen LogP contribution is 2.50. The van der Waals surface area contributed by atoms with Crippen LogP contribution in [-0.2, 0) is 0 Å². The van der Waals surface area contributed by atoms with Crippen LogP contribution in [0.4, 0.5) is 5.69 Å². The van der Waals surface area contributed by atoms with E-state index in [1.807, 2.05) is 18.2 Å². The maximum absolute atomic E-state index is 8.08. The minimum atomic E-state index is 0.669. The van der Waals surface area contributed by atoms with Gasteiger partial charge in [0.1, 0.15) is 0 Å². The lowest BCUT2D eigenvalue weighted by molar-refractivity contribution is 1.18. The topological polar surface area (TPSA) is 35.1 Å². The Kier molecular flexibility index (Phi) is 8.24. The number of hydrogen-bond acceptors (Lipinski definition) is 2. The van der Waals surface area contributed by atoms with Crippen molar-refractivity contribution < 1.29 is 0 Å². The summed E-state index contributed by atoms with van der Waals surface area (Å²) in [6, 6.07) is 77.4. The molecular weight excluding hydrogens is 789 g/mol. The molecule has 13 aromatic rings. The quantitative estimate of drug-likeness (QED) is 0.0951. The average molecular weight is 825 g/mol. The first-order valence-corrected chi connectivity index (χ1v) is 21.9. The van der Waals surface area contributed by atoms with Gasteiger partial charge in [0, 0.05) is 33.2 Å². The first-order valence-electron chi connectivity index (χ1n) is 21.9. The minimum Gasteiger partial charge on any atom is -0.309 e. The van der Waals surface area contributed by atoms with E-state index in [0.717, 1.165) is 71.9 Å². The van der Waals surface area contributed by atoms with Crippen LogP contribution in [0.1, 0.15) is 0 Å². The Hall–Kier alpha value is -8.91. The van der Waals surface area contributed by atoms with E-state index in [4.69, 9.17) is 16.5 Å². The van der Waals surface area contributed by atoms with Crippen LogP contribution < -0.4 is 0 Å². The molecule has 0 unspecified atom stereocenters. The Bertz CT molecular complexity index is 3940. The number of fused-ring (bicyclic) bond motifs is 3. The lowest BCUT2D eigenvalue weighted by atomic mass is 9.83. The normalized spacial score (nSPS) is 11.7. The van der Waals surface area contributed by atoms with Gasteiger partial charge in [0.05, 0.1) is 29.0 Å². The summed E-state index contributed by atoms with van der Waals surface area (Å²) in [4.78, 5) is 14.5. The fourth-order valence-corrected chi connectivity index (χ4v) is 10.4. The van der Waals surface area contributed by atoms with Crippen molar-refractivity contribution in [2.45, 2.75) is 0 Å². The molecule has 0 saturated heterocycles. The molecule has 0 fully saturated rings. The summed E-state index contributed by atoms with van der Waals surface area (Å²) in [5.74, 6) is 0.690. The lowest BCUT2D eigenvalue weighted by Crippen LogP contribution is -1.97. The van der Waals surface area contributed by atoms with Gasteiger partial charge in [0.2, 0.25) is 0 Å². The number of rotatable bonds is 6. The molecule has 0 N–H and O–H groups in total. The highest BCUT2D eigenvalue weighted by molar-refractivity contribution is 6.31. The van der Waals surface area contributed by atoms with E-state index < -0.39 is 0 Å². The summed E-state index contributed by atoms with van der Waals surface area (Å²) in [5.41, 5.74) is 13.6. The first kappa shape index (κ1) is 36.7. The third-order valence-electron chi connectivity index (χ3n) is 13.2. The van der Waals surface area contributed by atoms with Crippen molar-refractivity contribution in [3.63, 3.8) is 0 Å². The van der Waals surface area contributed by atoms with Gasteiger partial charge >= 0.3 is 0 Å². The summed E-state index contributed by atoms with van der Waals surface area (Å²) in [5, 5.41) is 11.4. The van der Waals surface area contributed by atoms with Gasteiger partial charge in [-0.2, -0.15) is 0 Å². The SMILES string of the molecule is [C-]#[N+]c1ccc2c3c1ccc1c(-c4c5ccccc5c(-c5ccc(-c6nc(-c7ccccc7)cc(-c7ccccc7)n6)c6ccccc56)c5ccccc45)ccc(c13)n2-c1ccccc1. The Balaban J connectivity index is 1.06. The van der Waals surface area contributed by atoms with Crippen LogP contribution >= 0.6 is 0 Å². The van der Waals surface area contributed by atoms with E-state index in [9.17, 15) is 0 Å². The van der Waals surface area contributed by atoms with Crippen molar-refractivity contribution in [1.29, 1.82) is 0 Å². The van der Waals surface area contributed by atoms with Crippen molar-refractivity contribution in [3.05, 3.63) is 230 Å². The molecular formula is C61H36N4.